The number of rotatable bonds is 3. The fourth-order valence-corrected chi connectivity index (χ4v) is 1.84. The number of benzene rings is 1. The third-order valence-corrected chi connectivity index (χ3v) is 3.21. The van der Waals surface area contributed by atoms with Gasteiger partial charge in [-0.05, 0) is 25.0 Å². The zero-order valence-electron chi connectivity index (χ0n) is 7.82. The molecule has 1 aliphatic carbocycles. The highest BCUT2D eigenvalue weighted by Crippen LogP contribution is 2.49. The number of alkyl halides is 2. The van der Waals surface area contributed by atoms with Gasteiger partial charge in [-0.25, -0.2) is 13.0 Å². The molecule has 1 atom stereocenters. The lowest BCUT2D eigenvalue weighted by atomic mass is 10.0. The molecule has 82 valence electrons. The van der Waals surface area contributed by atoms with Crippen LogP contribution in [0, 0.1) is 5.92 Å². The fourth-order valence-electron chi connectivity index (χ4n) is 1.48. The first kappa shape index (κ1) is 10.7. The molecule has 0 radical (unpaired) electrons. The zero-order chi connectivity index (χ0) is 11.1. The predicted molar refractivity (Wildman–Crippen MR) is 52.1 cm³/mol. The molecule has 1 N–H and O–H groups in total. The van der Waals surface area contributed by atoms with Gasteiger partial charge in [-0.15, -0.1) is 0 Å². The van der Waals surface area contributed by atoms with Crippen LogP contribution in [0.3, 0.4) is 0 Å². The van der Waals surface area contributed by atoms with Gasteiger partial charge in [0.15, 0.2) is 11.1 Å². The number of hydrogen-bond donors (Lipinski definition) is 1. The van der Waals surface area contributed by atoms with E-state index in [1.165, 1.54) is 24.3 Å². The Morgan fingerprint density at radius 3 is 2.20 bits per heavy atom. The van der Waals surface area contributed by atoms with Gasteiger partial charge in [0.25, 0.3) is 5.92 Å². The van der Waals surface area contributed by atoms with Crippen molar-refractivity contribution in [3.63, 3.8) is 0 Å². The molecular weight excluding hydrogens is 222 g/mol. The molecule has 0 saturated heterocycles. The van der Waals surface area contributed by atoms with Crippen molar-refractivity contribution in [3.05, 3.63) is 29.8 Å². The normalized spacial score (nSPS) is 18.9. The quantitative estimate of drug-likeness (QED) is 0.813. The predicted octanol–water partition coefficient (Wildman–Crippen LogP) is 2.77. The highest BCUT2D eigenvalue weighted by Gasteiger charge is 2.47. The van der Waals surface area contributed by atoms with Gasteiger partial charge in [-0.2, -0.15) is 0 Å². The second kappa shape index (κ2) is 3.64. The van der Waals surface area contributed by atoms with Crippen molar-refractivity contribution in [1.82, 2.24) is 0 Å². The molecule has 0 spiro atoms. The van der Waals surface area contributed by atoms with E-state index in [1.54, 1.807) is 0 Å². The Morgan fingerprint density at radius 1 is 1.27 bits per heavy atom. The first-order valence-corrected chi connectivity index (χ1v) is 5.71. The summed E-state index contributed by atoms with van der Waals surface area (Å²) in [6.07, 6.45) is 1.11. The molecule has 1 fully saturated rings. The first-order chi connectivity index (χ1) is 7.01. The lowest BCUT2D eigenvalue weighted by Gasteiger charge is -2.15. The largest absolute Gasteiger partial charge is 0.302 e. The summed E-state index contributed by atoms with van der Waals surface area (Å²) in [5.74, 6) is -3.35. The average Bonchev–Trinajstić information content (AvgIpc) is 3.01. The van der Waals surface area contributed by atoms with Gasteiger partial charge in [-0.1, -0.05) is 12.1 Å². The molecule has 1 saturated carbocycles. The van der Waals surface area contributed by atoms with Crippen molar-refractivity contribution in [3.8, 4) is 0 Å². The van der Waals surface area contributed by atoms with E-state index in [2.05, 4.69) is 0 Å². The molecule has 0 aliphatic heterocycles. The summed E-state index contributed by atoms with van der Waals surface area (Å²) in [5, 5.41) is 0. The fraction of sp³-hybridized carbons (Fsp3) is 0.400. The maximum absolute atomic E-state index is 13.5. The van der Waals surface area contributed by atoms with Crippen LogP contribution in [0.25, 0.3) is 0 Å². The third kappa shape index (κ3) is 2.08. The van der Waals surface area contributed by atoms with E-state index in [4.69, 9.17) is 4.55 Å². The first-order valence-electron chi connectivity index (χ1n) is 4.61. The van der Waals surface area contributed by atoms with E-state index in [0.29, 0.717) is 12.8 Å². The second-order valence-electron chi connectivity index (χ2n) is 3.67. The van der Waals surface area contributed by atoms with Crippen LogP contribution in [-0.4, -0.2) is 8.76 Å². The van der Waals surface area contributed by atoms with Crippen LogP contribution in [0.2, 0.25) is 0 Å². The van der Waals surface area contributed by atoms with E-state index >= 15 is 0 Å². The van der Waals surface area contributed by atoms with Gasteiger partial charge in [0, 0.05) is 11.5 Å². The summed E-state index contributed by atoms with van der Waals surface area (Å²) in [6.45, 7) is 0. The van der Waals surface area contributed by atoms with Crippen molar-refractivity contribution in [2.75, 3.05) is 0 Å². The van der Waals surface area contributed by atoms with E-state index in [9.17, 15) is 13.0 Å². The minimum absolute atomic E-state index is 0.0702. The molecule has 15 heavy (non-hydrogen) atoms. The van der Waals surface area contributed by atoms with E-state index < -0.39 is 22.9 Å². The highest BCUT2D eigenvalue weighted by atomic mass is 32.2. The van der Waals surface area contributed by atoms with E-state index in [-0.39, 0.29) is 10.5 Å². The van der Waals surface area contributed by atoms with Crippen molar-refractivity contribution in [2.24, 2.45) is 5.92 Å². The maximum atomic E-state index is 13.5. The van der Waals surface area contributed by atoms with Gasteiger partial charge in [0.05, 0.1) is 4.90 Å². The van der Waals surface area contributed by atoms with Gasteiger partial charge in [0.1, 0.15) is 0 Å². The van der Waals surface area contributed by atoms with Crippen LogP contribution in [0.5, 0.6) is 0 Å². The van der Waals surface area contributed by atoms with Gasteiger partial charge >= 0.3 is 0 Å². The molecule has 1 unspecified atom stereocenters. The molecule has 1 aromatic rings. The topological polar surface area (TPSA) is 37.3 Å². The summed E-state index contributed by atoms with van der Waals surface area (Å²) in [7, 11) is 0. The zero-order valence-corrected chi connectivity index (χ0v) is 8.64. The average molecular weight is 232 g/mol. The maximum Gasteiger partial charge on any atom is 0.276 e. The molecule has 0 amide bonds. The third-order valence-electron chi connectivity index (χ3n) is 2.53. The molecule has 5 heteroatoms. The molecule has 1 aliphatic rings. The summed E-state index contributed by atoms with van der Waals surface area (Å²) >= 11 is -2.10. The Hall–Kier alpha value is -0.810. The minimum atomic E-state index is -2.80. The summed E-state index contributed by atoms with van der Waals surface area (Å²) in [5.41, 5.74) is -0.0702. The van der Waals surface area contributed by atoms with E-state index in [1.807, 2.05) is 0 Å². The molecule has 0 aromatic heterocycles. The van der Waals surface area contributed by atoms with Crippen LogP contribution in [0.4, 0.5) is 8.78 Å². The standard InChI is InChI=1S/C10H10F2O2S/c11-10(12,7-1-2-7)8-3-5-9(6-4-8)15(13)14/h3-7H,1-2H2,(H,13,14). The lowest BCUT2D eigenvalue weighted by Crippen LogP contribution is -2.15. The van der Waals surface area contributed by atoms with Crippen molar-refractivity contribution >= 4 is 11.1 Å². The molecule has 0 bridgehead atoms. The van der Waals surface area contributed by atoms with Gasteiger partial charge in [0.2, 0.25) is 0 Å². The van der Waals surface area contributed by atoms with Crippen LogP contribution >= 0.6 is 0 Å². The summed E-state index contributed by atoms with van der Waals surface area (Å²) in [6, 6.07) is 4.98. The Morgan fingerprint density at radius 2 is 1.80 bits per heavy atom. The highest BCUT2D eigenvalue weighted by molar-refractivity contribution is 7.79. The number of halogens is 2. The minimum Gasteiger partial charge on any atom is -0.302 e. The summed E-state index contributed by atoms with van der Waals surface area (Å²) in [4.78, 5) is 0.144. The van der Waals surface area contributed by atoms with Crippen LogP contribution in [-0.2, 0) is 17.0 Å². The van der Waals surface area contributed by atoms with Gasteiger partial charge in [-0.3, -0.25) is 0 Å². The summed E-state index contributed by atoms with van der Waals surface area (Å²) < 4.78 is 46.4. The Balaban J connectivity index is 2.26. The van der Waals surface area contributed by atoms with Crippen molar-refractivity contribution in [1.29, 1.82) is 0 Å². The monoisotopic (exact) mass is 232 g/mol. The second-order valence-corrected chi connectivity index (χ2v) is 4.64. The Kier molecular flexibility index (Phi) is 2.60. The van der Waals surface area contributed by atoms with Crippen LogP contribution < -0.4 is 0 Å². The van der Waals surface area contributed by atoms with Crippen LogP contribution in [0.15, 0.2) is 29.2 Å². The molecular formula is C10H10F2O2S. The SMILES string of the molecule is O=S(O)c1ccc(C(F)(F)C2CC2)cc1. The van der Waals surface area contributed by atoms with Gasteiger partial charge < -0.3 is 4.55 Å². The van der Waals surface area contributed by atoms with E-state index in [0.717, 1.165) is 0 Å². The Labute approximate surface area is 88.6 Å². The van der Waals surface area contributed by atoms with Crippen LogP contribution in [0.1, 0.15) is 18.4 Å². The van der Waals surface area contributed by atoms with Crippen molar-refractivity contribution in [2.45, 2.75) is 23.7 Å². The lowest BCUT2D eigenvalue weighted by molar-refractivity contribution is -0.0286. The molecule has 1 aromatic carbocycles. The number of hydrogen-bond acceptors (Lipinski definition) is 1. The smallest absolute Gasteiger partial charge is 0.276 e. The molecule has 2 rings (SSSR count). The molecule has 0 heterocycles. The molecule has 2 nitrogen and oxygen atoms in total. The van der Waals surface area contributed by atoms with Crippen molar-refractivity contribution < 1.29 is 17.5 Å². The Bertz CT molecular complexity index is 385.